The van der Waals surface area contributed by atoms with E-state index < -0.39 is 0 Å². The number of aromatic nitrogens is 3. The highest BCUT2D eigenvalue weighted by Gasteiger charge is 2.04. The maximum atomic E-state index is 5.16. The summed E-state index contributed by atoms with van der Waals surface area (Å²) in [6, 6.07) is 7.90. The van der Waals surface area contributed by atoms with E-state index in [2.05, 4.69) is 31.9 Å². The van der Waals surface area contributed by atoms with Gasteiger partial charge in [-0.25, -0.2) is 0 Å². The van der Waals surface area contributed by atoms with Crippen LogP contribution in [0.3, 0.4) is 0 Å². The van der Waals surface area contributed by atoms with Crippen LogP contribution in [0, 0.1) is 0 Å². The standard InChI is InChI=1S/C19H25N5O/c1-25-17-9-7-16(8-10-17)13-21-19-23-18(14-22-24-19)20-12-11-15-5-3-2-4-6-15/h5,7-10,14H,2-4,6,11-13H2,1H3,(H2,20,21,23,24). The molecule has 0 fully saturated rings. The summed E-state index contributed by atoms with van der Waals surface area (Å²) in [7, 11) is 1.66. The number of anilines is 2. The second-order valence-electron chi connectivity index (χ2n) is 6.15. The van der Waals surface area contributed by atoms with Crippen LogP contribution in [-0.4, -0.2) is 28.8 Å². The average Bonchev–Trinajstić information content (AvgIpc) is 2.68. The van der Waals surface area contributed by atoms with E-state index in [1.54, 1.807) is 18.9 Å². The normalized spacial score (nSPS) is 13.9. The lowest BCUT2D eigenvalue weighted by molar-refractivity contribution is 0.414. The summed E-state index contributed by atoms with van der Waals surface area (Å²) >= 11 is 0. The van der Waals surface area contributed by atoms with Crippen LogP contribution < -0.4 is 15.4 Å². The SMILES string of the molecule is COc1ccc(CNc2nncc(NCCC3=CCCCC3)n2)cc1. The molecule has 132 valence electrons. The van der Waals surface area contributed by atoms with Gasteiger partial charge < -0.3 is 15.4 Å². The third-order valence-corrected chi connectivity index (χ3v) is 4.31. The fourth-order valence-corrected chi connectivity index (χ4v) is 2.87. The smallest absolute Gasteiger partial charge is 0.244 e. The zero-order chi connectivity index (χ0) is 17.3. The van der Waals surface area contributed by atoms with Gasteiger partial charge in [0, 0.05) is 13.1 Å². The first-order valence-electron chi connectivity index (χ1n) is 8.82. The molecule has 0 spiro atoms. The highest BCUT2D eigenvalue weighted by molar-refractivity contribution is 5.38. The molecular formula is C19H25N5O. The van der Waals surface area contributed by atoms with Gasteiger partial charge in [-0.2, -0.15) is 10.1 Å². The maximum Gasteiger partial charge on any atom is 0.244 e. The Morgan fingerprint density at radius 1 is 1.12 bits per heavy atom. The summed E-state index contributed by atoms with van der Waals surface area (Å²) in [6.45, 7) is 1.52. The third-order valence-electron chi connectivity index (χ3n) is 4.31. The van der Waals surface area contributed by atoms with Crippen LogP contribution in [0.4, 0.5) is 11.8 Å². The number of hydrogen-bond acceptors (Lipinski definition) is 6. The number of methoxy groups -OCH3 is 1. The van der Waals surface area contributed by atoms with Gasteiger partial charge >= 0.3 is 0 Å². The van der Waals surface area contributed by atoms with Crippen LogP contribution in [0.25, 0.3) is 0 Å². The summed E-state index contributed by atoms with van der Waals surface area (Å²) < 4.78 is 5.16. The van der Waals surface area contributed by atoms with Gasteiger partial charge in [-0.15, -0.1) is 5.10 Å². The molecule has 1 aromatic carbocycles. The van der Waals surface area contributed by atoms with Crippen LogP contribution in [0.5, 0.6) is 5.75 Å². The molecular weight excluding hydrogens is 314 g/mol. The van der Waals surface area contributed by atoms with E-state index in [9.17, 15) is 0 Å². The van der Waals surface area contributed by atoms with Gasteiger partial charge in [-0.1, -0.05) is 23.8 Å². The predicted molar refractivity (Wildman–Crippen MR) is 99.8 cm³/mol. The van der Waals surface area contributed by atoms with E-state index >= 15 is 0 Å². The van der Waals surface area contributed by atoms with E-state index in [0.29, 0.717) is 12.5 Å². The number of hydrogen-bond donors (Lipinski definition) is 2. The van der Waals surface area contributed by atoms with E-state index in [1.807, 2.05) is 24.3 Å². The molecule has 0 aliphatic heterocycles. The predicted octanol–water partition coefficient (Wildman–Crippen LogP) is 3.79. The number of benzene rings is 1. The highest BCUT2D eigenvalue weighted by Crippen LogP contribution is 2.20. The van der Waals surface area contributed by atoms with Crippen LogP contribution in [0.1, 0.15) is 37.7 Å². The van der Waals surface area contributed by atoms with Crippen LogP contribution in [0.2, 0.25) is 0 Å². The minimum absolute atomic E-state index is 0.526. The lowest BCUT2D eigenvalue weighted by Crippen LogP contribution is -2.09. The Morgan fingerprint density at radius 3 is 2.76 bits per heavy atom. The average molecular weight is 339 g/mol. The van der Waals surface area contributed by atoms with E-state index in [-0.39, 0.29) is 0 Å². The minimum Gasteiger partial charge on any atom is -0.497 e. The largest absolute Gasteiger partial charge is 0.497 e. The molecule has 1 heterocycles. The third kappa shape index (κ3) is 5.45. The first-order chi connectivity index (χ1) is 12.3. The van der Waals surface area contributed by atoms with E-state index in [0.717, 1.165) is 30.1 Å². The fourth-order valence-electron chi connectivity index (χ4n) is 2.87. The quantitative estimate of drug-likeness (QED) is 0.713. The Kier molecular flexibility index (Phi) is 6.20. The molecule has 0 bridgehead atoms. The summed E-state index contributed by atoms with van der Waals surface area (Å²) in [5.41, 5.74) is 2.69. The first-order valence-corrected chi connectivity index (χ1v) is 8.82. The van der Waals surface area contributed by atoms with E-state index in [4.69, 9.17) is 4.74 Å². The van der Waals surface area contributed by atoms with Crippen molar-refractivity contribution < 1.29 is 4.74 Å². The first kappa shape index (κ1) is 17.2. The Bertz CT molecular complexity index is 699. The fraction of sp³-hybridized carbons (Fsp3) is 0.421. The minimum atomic E-state index is 0.526. The van der Waals surface area contributed by atoms with Crippen molar-refractivity contribution in [2.24, 2.45) is 0 Å². The molecule has 0 amide bonds. The van der Waals surface area contributed by atoms with Crippen molar-refractivity contribution in [3.05, 3.63) is 47.7 Å². The summed E-state index contributed by atoms with van der Waals surface area (Å²) in [5.74, 6) is 2.13. The van der Waals surface area contributed by atoms with Gasteiger partial charge in [-0.3, -0.25) is 0 Å². The highest BCUT2D eigenvalue weighted by atomic mass is 16.5. The molecule has 2 N–H and O–H groups in total. The van der Waals surface area contributed by atoms with Crippen LogP contribution in [0.15, 0.2) is 42.1 Å². The molecule has 25 heavy (non-hydrogen) atoms. The van der Waals surface area contributed by atoms with Gasteiger partial charge in [-0.05, 0) is 49.8 Å². The molecule has 1 aliphatic rings. The summed E-state index contributed by atoms with van der Waals surface area (Å²) in [4.78, 5) is 4.46. The molecule has 6 nitrogen and oxygen atoms in total. The molecule has 1 aromatic heterocycles. The van der Waals surface area contributed by atoms with Gasteiger partial charge in [0.2, 0.25) is 5.95 Å². The molecule has 1 aliphatic carbocycles. The van der Waals surface area contributed by atoms with Crippen LogP contribution in [-0.2, 0) is 6.54 Å². The van der Waals surface area contributed by atoms with Crippen molar-refractivity contribution in [1.29, 1.82) is 0 Å². The number of nitrogens with one attached hydrogen (secondary N) is 2. The van der Waals surface area contributed by atoms with Crippen LogP contribution >= 0.6 is 0 Å². The molecule has 3 rings (SSSR count). The molecule has 0 radical (unpaired) electrons. The maximum absolute atomic E-state index is 5.16. The second kappa shape index (κ2) is 9.01. The lowest BCUT2D eigenvalue weighted by Gasteiger charge is -2.13. The Morgan fingerprint density at radius 2 is 2.00 bits per heavy atom. The van der Waals surface area contributed by atoms with Gasteiger partial charge in [0.15, 0.2) is 5.82 Å². The van der Waals surface area contributed by atoms with Gasteiger partial charge in [0.1, 0.15) is 5.75 Å². The van der Waals surface area contributed by atoms with Crippen molar-refractivity contribution in [1.82, 2.24) is 15.2 Å². The van der Waals surface area contributed by atoms with Crippen molar-refractivity contribution in [2.75, 3.05) is 24.3 Å². The Hall–Kier alpha value is -2.63. The summed E-state index contributed by atoms with van der Waals surface area (Å²) in [5, 5.41) is 14.6. The van der Waals surface area contributed by atoms with Gasteiger partial charge in [0.25, 0.3) is 0 Å². The van der Waals surface area contributed by atoms with Gasteiger partial charge in [0.05, 0.1) is 13.3 Å². The van der Waals surface area contributed by atoms with Crippen molar-refractivity contribution in [3.8, 4) is 5.75 Å². The topological polar surface area (TPSA) is 72.0 Å². The Labute approximate surface area is 148 Å². The monoisotopic (exact) mass is 339 g/mol. The lowest BCUT2D eigenvalue weighted by atomic mass is 9.97. The zero-order valence-corrected chi connectivity index (χ0v) is 14.7. The zero-order valence-electron chi connectivity index (χ0n) is 14.7. The number of allylic oxidation sites excluding steroid dienone is 1. The molecule has 0 atom stereocenters. The second-order valence-corrected chi connectivity index (χ2v) is 6.15. The van der Waals surface area contributed by atoms with E-state index in [1.165, 1.54) is 25.7 Å². The number of ether oxygens (including phenoxy) is 1. The molecule has 0 unspecified atom stereocenters. The molecule has 0 saturated heterocycles. The number of rotatable bonds is 8. The van der Waals surface area contributed by atoms with Crippen molar-refractivity contribution in [2.45, 2.75) is 38.6 Å². The van der Waals surface area contributed by atoms with Crippen molar-refractivity contribution >= 4 is 11.8 Å². The summed E-state index contributed by atoms with van der Waals surface area (Å²) in [6.07, 6.45) is 10.2. The van der Waals surface area contributed by atoms with Crippen molar-refractivity contribution in [3.63, 3.8) is 0 Å². The number of nitrogens with zero attached hydrogens (tertiary/aromatic N) is 3. The molecule has 0 saturated carbocycles. The molecule has 2 aromatic rings. The Balaban J connectivity index is 1.47. The molecule has 6 heteroatoms.